The lowest BCUT2D eigenvalue weighted by Crippen LogP contribution is -2.16. The molecule has 0 aliphatic heterocycles. The molecular weight excluding hydrogens is 209 g/mol. The van der Waals surface area contributed by atoms with Gasteiger partial charge >= 0.3 is 0 Å². The van der Waals surface area contributed by atoms with Crippen LogP contribution in [0.4, 0.5) is 4.39 Å². The third kappa shape index (κ3) is 2.02. The molecule has 0 aliphatic carbocycles. The molecule has 0 bridgehead atoms. The van der Waals surface area contributed by atoms with Crippen molar-refractivity contribution < 1.29 is 13.9 Å². The Balaban J connectivity index is 3.33. The average Bonchev–Trinajstić information content (AvgIpc) is 2.11. The second-order valence-electron chi connectivity index (χ2n) is 2.68. The summed E-state index contributed by atoms with van der Waals surface area (Å²) in [7, 11) is 1.42. The first-order chi connectivity index (χ1) is 6.57. The van der Waals surface area contributed by atoms with E-state index in [9.17, 15) is 9.18 Å². The molecule has 3 nitrogen and oxygen atoms in total. The van der Waals surface area contributed by atoms with Crippen LogP contribution in [0, 0.1) is 5.82 Å². The van der Waals surface area contributed by atoms with Crippen LogP contribution in [0.15, 0.2) is 12.1 Å². The lowest BCUT2D eigenvalue weighted by molar-refractivity contribution is 0.0991. The van der Waals surface area contributed by atoms with Crippen molar-refractivity contribution in [2.75, 3.05) is 7.11 Å². The average molecular weight is 218 g/mol. The van der Waals surface area contributed by atoms with Crippen molar-refractivity contribution in [3.63, 3.8) is 0 Å². The maximum absolute atomic E-state index is 13.2. The summed E-state index contributed by atoms with van der Waals surface area (Å²) >= 11 is 5.77. The van der Waals surface area contributed by atoms with Gasteiger partial charge in [-0.3, -0.25) is 4.79 Å². The smallest absolute Gasteiger partial charge is 0.252 e. The highest BCUT2D eigenvalue weighted by molar-refractivity contribution is 6.31. The Kier molecular flexibility index (Phi) is 3.43. The molecule has 0 fully saturated rings. The zero-order valence-corrected chi connectivity index (χ0v) is 8.27. The second-order valence-corrected chi connectivity index (χ2v) is 3.09. The highest BCUT2D eigenvalue weighted by Crippen LogP contribution is 2.23. The van der Waals surface area contributed by atoms with Crippen molar-refractivity contribution in [3.05, 3.63) is 34.1 Å². The number of halogens is 2. The minimum atomic E-state index is -0.850. The number of benzene rings is 1. The van der Waals surface area contributed by atoms with Gasteiger partial charge < -0.3 is 10.5 Å². The van der Waals surface area contributed by atoms with E-state index in [1.165, 1.54) is 13.2 Å². The van der Waals surface area contributed by atoms with Gasteiger partial charge in [0.2, 0.25) is 0 Å². The summed E-state index contributed by atoms with van der Waals surface area (Å²) in [6.45, 7) is 0.0505. The molecule has 0 radical (unpaired) electrons. The lowest BCUT2D eigenvalue weighted by atomic mass is 10.1. The standard InChI is InChI=1S/C9H9ClFNO2/c1-14-4-5-6(10)2-3-7(11)8(5)9(12)13/h2-3H,4H2,1H3,(H2,12,13). The van der Waals surface area contributed by atoms with Crippen LogP contribution in [0.5, 0.6) is 0 Å². The van der Waals surface area contributed by atoms with Gasteiger partial charge in [-0.2, -0.15) is 0 Å². The highest BCUT2D eigenvalue weighted by Gasteiger charge is 2.16. The van der Waals surface area contributed by atoms with Crippen molar-refractivity contribution in [1.82, 2.24) is 0 Å². The monoisotopic (exact) mass is 217 g/mol. The van der Waals surface area contributed by atoms with E-state index in [4.69, 9.17) is 22.1 Å². The first-order valence-electron chi connectivity index (χ1n) is 3.83. The molecular formula is C9H9ClFNO2. The Labute approximate surface area is 85.6 Å². The van der Waals surface area contributed by atoms with Gasteiger partial charge in [-0.25, -0.2) is 4.39 Å². The van der Waals surface area contributed by atoms with Crippen molar-refractivity contribution in [1.29, 1.82) is 0 Å². The van der Waals surface area contributed by atoms with Gasteiger partial charge in [0.05, 0.1) is 12.2 Å². The molecule has 5 heteroatoms. The van der Waals surface area contributed by atoms with Crippen molar-refractivity contribution in [2.24, 2.45) is 5.73 Å². The molecule has 1 aromatic rings. The van der Waals surface area contributed by atoms with Gasteiger partial charge in [0.1, 0.15) is 5.82 Å². The third-order valence-electron chi connectivity index (χ3n) is 1.74. The molecule has 0 aliphatic rings. The number of nitrogens with two attached hydrogens (primary N) is 1. The number of amides is 1. The maximum atomic E-state index is 13.2. The summed E-state index contributed by atoms with van der Waals surface area (Å²) in [6, 6.07) is 2.46. The normalized spacial score (nSPS) is 10.2. The fourth-order valence-corrected chi connectivity index (χ4v) is 1.36. The van der Waals surface area contributed by atoms with E-state index in [0.29, 0.717) is 0 Å². The fraction of sp³-hybridized carbons (Fsp3) is 0.222. The Morgan fingerprint density at radius 3 is 2.79 bits per heavy atom. The van der Waals surface area contributed by atoms with Crippen LogP contribution in [-0.4, -0.2) is 13.0 Å². The molecule has 0 saturated heterocycles. The lowest BCUT2D eigenvalue weighted by Gasteiger charge is -2.08. The predicted octanol–water partition coefficient (Wildman–Crippen LogP) is 1.72. The first kappa shape index (κ1) is 10.9. The van der Waals surface area contributed by atoms with Gasteiger partial charge in [0, 0.05) is 17.7 Å². The van der Waals surface area contributed by atoms with E-state index in [-0.39, 0.29) is 22.8 Å². The number of hydrogen-bond acceptors (Lipinski definition) is 2. The number of rotatable bonds is 3. The van der Waals surface area contributed by atoms with Crippen LogP contribution in [0.2, 0.25) is 5.02 Å². The highest BCUT2D eigenvalue weighted by atomic mass is 35.5. The van der Waals surface area contributed by atoms with Crippen molar-refractivity contribution in [2.45, 2.75) is 6.61 Å². The van der Waals surface area contributed by atoms with E-state index in [1.54, 1.807) is 0 Å². The van der Waals surface area contributed by atoms with Crippen LogP contribution >= 0.6 is 11.6 Å². The van der Waals surface area contributed by atoms with E-state index in [1.807, 2.05) is 0 Å². The molecule has 2 N–H and O–H groups in total. The minimum absolute atomic E-state index is 0.0505. The fourth-order valence-electron chi connectivity index (χ4n) is 1.15. The van der Waals surface area contributed by atoms with E-state index < -0.39 is 11.7 Å². The van der Waals surface area contributed by atoms with Crippen molar-refractivity contribution in [3.8, 4) is 0 Å². The van der Waals surface area contributed by atoms with Crippen LogP contribution < -0.4 is 5.73 Å². The largest absolute Gasteiger partial charge is 0.380 e. The summed E-state index contributed by atoms with van der Waals surface area (Å²) in [6.07, 6.45) is 0. The van der Waals surface area contributed by atoms with Crippen LogP contribution in [0.3, 0.4) is 0 Å². The Bertz CT molecular complexity index is 368. The van der Waals surface area contributed by atoms with Gasteiger partial charge in [-0.05, 0) is 12.1 Å². The molecule has 1 rings (SSSR count). The molecule has 0 aromatic heterocycles. The van der Waals surface area contributed by atoms with Crippen LogP contribution in [0.25, 0.3) is 0 Å². The molecule has 14 heavy (non-hydrogen) atoms. The summed E-state index contributed by atoms with van der Waals surface area (Å²) < 4.78 is 18.0. The SMILES string of the molecule is COCc1c(Cl)ccc(F)c1C(N)=O. The maximum Gasteiger partial charge on any atom is 0.252 e. The number of hydrogen-bond donors (Lipinski definition) is 1. The zero-order valence-electron chi connectivity index (χ0n) is 7.51. The topological polar surface area (TPSA) is 52.3 Å². The molecule has 76 valence electrons. The zero-order chi connectivity index (χ0) is 10.7. The molecule has 0 saturated carbocycles. The number of primary amides is 1. The quantitative estimate of drug-likeness (QED) is 0.838. The van der Waals surface area contributed by atoms with Gasteiger partial charge in [-0.1, -0.05) is 11.6 Å². The number of carbonyl (C=O) groups is 1. The summed E-state index contributed by atoms with van der Waals surface area (Å²) in [5.74, 6) is -1.54. The Morgan fingerprint density at radius 1 is 1.64 bits per heavy atom. The van der Waals surface area contributed by atoms with E-state index in [2.05, 4.69) is 0 Å². The summed E-state index contributed by atoms with van der Waals surface area (Å²) in [5, 5.41) is 0.266. The van der Waals surface area contributed by atoms with Crippen molar-refractivity contribution >= 4 is 17.5 Å². The number of carbonyl (C=O) groups excluding carboxylic acids is 1. The van der Waals surface area contributed by atoms with Gasteiger partial charge in [0.15, 0.2) is 0 Å². The predicted molar refractivity (Wildman–Crippen MR) is 50.6 cm³/mol. The van der Waals surface area contributed by atoms with Gasteiger partial charge in [-0.15, -0.1) is 0 Å². The van der Waals surface area contributed by atoms with Crippen LogP contribution in [0.1, 0.15) is 15.9 Å². The second kappa shape index (κ2) is 4.39. The van der Waals surface area contributed by atoms with Crippen LogP contribution in [-0.2, 0) is 11.3 Å². The summed E-state index contributed by atoms with van der Waals surface area (Å²) in [4.78, 5) is 10.9. The Morgan fingerprint density at radius 2 is 2.29 bits per heavy atom. The number of ether oxygens (including phenoxy) is 1. The first-order valence-corrected chi connectivity index (χ1v) is 4.21. The van der Waals surface area contributed by atoms with E-state index >= 15 is 0 Å². The Hall–Kier alpha value is -1.13. The molecule has 0 spiro atoms. The molecule has 1 aromatic carbocycles. The summed E-state index contributed by atoms with van der Waals surface area (Å²) in [5.41, 5.74) is 5.09. The molecule has 0 unspecified atom stereocenters. The molecule has 0 heterocycles. The van der Waals surface area contributed by atoms with E-state index in [0.717, 1.165) is 6.07 Å². The third-order valence-corrected chi connectivity index (χ3v) is 2.09. The number of methoxy groups -OCH3 is 1. The molecule has 0 atom stereocenters. The van der Waals surface area contributed by atoms with Gasteiger partial charge in [0.25, 0.3) is 5.91 Å². The minimum Gasteiger partial charge on any atom is -0.380 e. The molecule has 1 amide bonds.